The van der Waals surface area contributed by atoms with Gasteiger partial charge in [-0.25, -0.2) is 0 Å². The third-order valence-electron chi connectivity index (χ3n) is 4.22. The molecule has 24 heavy (non-hydrogen) atoms. The Morgan fingerprint density at radius 3 is 2.58 bits per heavy atom. The van der Waals surface area contributed by atoms with Gasteiger partial charge in [-0.05, 0) is 18.1 Å². The molecular formula is C20H21NO3. The van der Waals surface area contributed by atoms with Crippen LogP contribution in [0, 0.1) is 5.92 Å². The number of hydrogen-bond acceptors (Lipinski definition) is 3. The van der Waals surface area contributed by atoms with Crippen LogP contribution in [0.3, 0.4) is 0 Å². The molecule has 1 aliphatic rings. The molecule has 0 radical (unpaired) electrons. The fraction of sp³-hybridized carbons (Fsp3) is 0.300. The van der Waals surface area contributed by atoms with E-state index in [1.807, 2.05) is 36.4 Å². The van der Waals surface area contributed by atoms with E-state index < -0.39 is 0 Å². The predicted molar refractivity (Wildman–Crippen MR) is 92.1 cm³/mol. The minimum absolute atomic E-state index is 0.000627. The van der Waals surface area contributed by atoms with Gasteiger partial charge in [-0.3, -0.25) is 9.59 Å². The lowest BCUT2D eigenvalue weighted by Crippen LogP contribution is -2.34. The molecule has 3 rings (SSSR count). The molecule has 1 heterocycles. The Labute approximate surface area is 141 Å². The van der Waals surface area contributed by atoms with E-state index in [9.17, 15) is 9.59 Å². The van der Waals surface area contributed by atoms with Gasteiger partial charge in [0.25, 0.3) is 0 Å². The molecule has 0 aromatic heterocycles. The van der Waals surface area contributed by atoms with E-state index in [1.54, 1.807) is 12.1 Å². The van der Waals surface area contributed by atoms with Crippen molar-refractivity contribution < 1.29 is 14.3 Å². The van der Waals surface area contributed by atoms with E-state index in [4.69, 9.17) is 4.74 Å². The van der Waals surface area contributed by atoms with Crippen LogP contribution in [0.5, 0.6) is 5.75 Å². The molecule has 1 unspecified atom stereocenters. The molecule has 2 aromatic carbocycles. The molecule has 0 bridgehead atoms. The van der Waals surface area contributed by atoms with Crippen LogP contribution < -0.4 is 10.1 Å². The van der Waals surface area contributed by atoms with Crippen LogP contribution in [-0.4, -0.2) is 24.8 Å². The van der Waals surface area contributed by atoms with E-state index >= 15 is 0 Å². The normalized spacial score (nSPS) is 15.9. The Morgan fingerprint density at radius 2 is 1.75 bits per heavy atom. The molecule has 0 fully saturated rings. The summed E-state index contributed by atoms with van der Waals surface area (Å²) < 4.78 is 5.72. The Bertz CT molecular complexity index is 712. The maximum atomic E-state index is 12.0. The van der Waals surface area contributed by atoms with E-state index in [1.165, 1.54) is 5.56 Å². The Kier molecular flexibility index (Phi) is 5.26. The second-order valence-corrected chi connectivity index (χ2v) is 6.08. The Balaban J connectivity index is 1.41. The largest absolute Gasteiger partial charge is 0.493 e. The zero-order chi connectivity index (χ0) is 16.8. The van der Waals surface area contributed by atoms with Gasteiger partial charge in [0.15, 0.2) is 5.78 Å². The van der Waals surface area contributed by atoms with Gasteiger partial charge in [0, 0.05) is 30.9 Å². The second-order valence-electron chi connectivity index (χ2n) is 6.08. The van der Waals surface area contributed by atoms with Crippen LogP contribution in [0.4, 0.5) is 0 Å². The van der Waals surface area contributed by atoms with Crippen LogP contribution in [0.2, 0.25) is 0 Å². The van der Waals surface area contributed by atoms with Gasteiger partial charge in [0.05, 0.1) is 6.61 Å². The fourth-order valence-corrected chi connectivity index (χ4v) is 2.86. The molecule has 0 saturated heterocycles. The van der Waals surface area contributed by atoms with Gasteiger partial charge in [0.2, 0.25) is 5.91 Å². The number of hydrogen-bond donors (Lipinski definition) is 1. The molecular weight excluding hydrogens is 302 g/mol. The highest BCUT2D eigenvalue weighted by atomic mass is 16.5. The first-order chi connectivity index (χ1) is 11.7. The molecule has 4 heteroatoms. The molecule has 2 aromatic rings. The lowest BCUT2D eigenvalue weighted by atomic mass is 9.96. The lowest BCUT2D eigenvalue weighted by molar-refractivity contribution is -0.121. The molecule has 124 valence electrons. The van der Waals surface area contributed by atoms with Gasteiger partial charge in [-0.2, -0.15) is 0 Å². The number of nitrogens with one attached hydrogen (secondary N) is 1. The second kappa shape index (κ2) is 7.77. The summed E-state index contributed by atoms with van der Waals surface area (Å²) in [5, 5.41) is 2.92. The van der Waals surface area contributed by atoms with E-state index in [2.05, 4.69) is 11.4 Å². The number of ketones is 1. The minimum atomic E-state index is -0.0851. The van der Waals surface area contributed by atoms with Crippen molar-refractivity contribution in [1.29, 1.82) is 0 Å². The highest BCUT2D eigenvalue weighted by Crippen LogP contribution is 2.26. The first-order valence-electron chi connectivity index (χ1n) is 8.28. The van der Waals surface area contributed by atoms with E-state index in [-0.39, 0.29) is 30.4 Å². The van der Waals surface area contributed by atoms with Crippen molar-refractivity contribution in [3.8, 4) is 5.75 Å². The SMILES string of the molecule is O=C(CCC(=O)c1ccccc1)NCC1COc2ccccc2C1. The van der Waals surface area contributed by atoms with Crippen molar-refractivity contribution >= 4 is 11.7 Å². The minimum Gasteiger partial charge on any atom is -0.493 e. The summed E-state index contributed by atoms with van der Waals surface area (Å²) >= 11 is 0. The van der Waals surface area contributed by atoms with Crippen molar-refractivity contribution in [3.63, 3.8) is 0 Å². The molecule has 1 atom stereocenters. The molecule has 1 amide bonds. The van der Waals surface area contributed by atoms with Crippen molar-refractivity contribution in [1.82, 2.24) is 5.32 Å². The smallest absolute Gasteiger partial charge is 0.220 e. The number of carbonyl (C=O) groups excluding carboxylic acids is 2. The summed E-state index contributed by atoms with van der Waals surface area (Å²) in [6.45, 7) is 1.19. The van der Waals surface area contributed by atoms with E-state index in [0.717, 1.165) is 12.2 Å². The number of para-hydroxylation sites is 1. The maximum absolute atomic E-state index is 12.0. The number of ether oxygens (including phenoxy) is 1. The summed E-state index contributed by atoms with van der Waals surface area (Å²) in [6.07, 6.45) is 1.36. The summed E-state index contributed by atoms with van der Waals surface area (Å²) in [5.41, 5.74) is 1.84. The highest BCUT2D eigenvalue weighted by molar-refractivity contribution is 5.97. The van der Waals surface area contributed by atoms with Crippen molar-refractivity contribution in [2.75, 3.05) is 13.2 Å². The number of fused-ring (bicyclic) bond motifs is 1. The third kappa shape index (κ3) is 4.22. The zero-order valence-corrected chi connectivity index (χ0v) is 13.5. The predicted octanol–water partition coefficient (Wildman–Crippen LogP) is 3.02. The summed E-state index contributed by atoms with van der Waals surface area (Å²) in [4.78, 5) is 24.0. The van der Waals surface area contributed by atoms with Crippen LogP contribution in [-0.2, 0) is 11.2 Å². The molecule has 1 N–H and O–H groups in total. The lowest BCUT2D eigenvalue weighted by Gasteiger charge is -2.25. The number of rotatable bonds is 6. The first-order valence-corrected chi connectivity index (χ1v) is 8.28. The fourth-order valence-electron chi connectivity index (χ4n) is 2.86. The van der Waals surface area contributed by atoms with Gasteiger partial charge in [-0.15, -0.1) is 0 Å². The summed E-state index contributed by atoms with van der Waals surface area (Å²) in [5.74, 6) is 1.13. The number of amides is 1. The topological polar surface area (TPSA) is 55.4 Å². The maximum Gasteiger partial charge on any atom is 0.220 e. The van der Waals surface area contributed by atoms with Gasteiger partial charge in [-0.1, -0.05) is 48.5 Å². The average Bonchev–Trinajstić information content (AvgIpc) is 2.65. The summed E-state index contributed by atoms with van der Waals surface area (Å²) in [7, 11) is 0. The summed E-state index contributed by atoms with van der Waals surface area (Å²) in [6, 6.07) is 17.1. The van der Waals surface area contributed by atoms with Crippen LogP contribution in [0.15, 0.2) is 54.6 Å². The molecule has 0 aliphatic carbocycles. The van der Waals surface area contributed by atoms with Crippen molar-refractivity contribution in [2.45, 2.75) is 19.3 Å². The molecule has 1 aliphatic heterocycles. The van der Waals surface area contributed by atoms with Gasteiger partial charge in [0.1, 0.15) is 5.75 Å². The van der Waals surface area contributed by atoms with Crippen LogP contribution in [0.1, 0.15) is 28.8 Å². The Morgan fingerprint density at radius 1 is 1.00 bits per heavy atom. The quantitative estimate of drug-likeness (QED) is 0.832. The average molecular weight is 323 g/mol. The van der Waals surface area contributed by atoms with Gasteiger partial charge < -0.3 is 10.1 Å². The third-order valence-corrected chi connectivity index (χ3v) is 4.22. The van der Waals surface area contributed by atoms with E-state index in [0.29, 0.717) is 18.7 Å². The highest BCUT2D eigenvalue weighted by Gasteiger charge is 2.20. The van der Waals surface area contributed by atoms with Crippen molar-refractivity contribution in [3.05, 3.63) is 65.7 Å². The Hall–Kier alpha value is -2.62. The number of carbonyl (C=O) groups is 2. The van der Waals surface area contributed by atoms with Crippen LogP contribution >= 0.6 is 0 Å². The first kappa shape index (κ1) is 16.2. The zero-order valence-electron chi connectivity index (χ0n) is 13.5. The standard InChI is InChI=1S/C20H21NO3/c22-18(16-6-2-1-3-7-16)10-11-20(23)21-13-15-12-17-8-4-5-9-19(17)24-14-15/h1-9,15H,10-14H2,(H,21,23). The van der Waals surface area contributed by atoms with Crippen LogP contribution in [0.25, 0.3) is 0 Å². The van der Waals surface area contributed by atoms with Gasteiger partial charge >= 0.3 is 0 Å². The molecule has 4 nitrogen and oxygen atoms in total. The van der Waals surface area contributed by atoms with Crippen molar-refractivity contribution in [2.24, 2.45) is 5.92 Å². The molecule has 0 spiro atoms. The number of Topliss-reactive ketones (excluding diaryl/α,β-unsaturated/α-hetero) is 1. The number of benzene rings is 2. The molecule has 0 saturated carbocycles. The monoisotopic (exact) mass is 323 g/mol.